The molecular formula is C11H21O2. The van der Waals surface area contributed by atoms with Crippen molar-refractivity contribution < 1.29 is 9.78 Å². The molecule has 0 aromatic rings. The Labute approximate surface area is 81.5 Å². The van der Waals surface area contributed by atoms with Gasteiger partial charge < -0.3 is 0 Å². The summed E-state index contributed by atoms with van der Waals surface area (Å²) in [5, 5.41) is 0. The molecule has 0 aromatic carbocycles. The molecule has 0 bridgehead atoms. The summed E-state index contributed by atoms with van der Waals surface area (Å²) in [5.41, 5.74) is 0.503. The van der Waals surface area contributed by atoms with Crippen molar-refractivity contribution in [2.45, 2.75) is 54.1 Å². The van der Waals surface area contributed by atoms with Crippen LogP contribution in [0.3, 0.4) is 0 Å². The van der Waals surface area contributed by atoms with Crippen molar-refractivity contribution >= 4 is 0 Å². The van der Waals surface area contributed by atoms with Crippen molar-refractivity contribution in [2.75, 3.05) is 0 Å². The monoisotopic (exact) mass is 185 g/mol. The van der Waals surface area contributed by atoms with Crippen molar-refractivity contribution in [1.29, 1.82) is 0 Å². The quantitative estimate of drug-likeness (QED) is 0.614. The van der Waals surface area contributed by atoms with Gasteiger partial charge in [0.15, 0.2) is 6.10 Å². The zero-order valence-corrected chi connectivity index (χ0v) is 9.60. The molecule has 1 unspecified atom stereocenters. The predicted octanol–water partition coefficient (Wildman–Crippen LogP) is 3.33. The molecule has 13 heavy (non-hydrogen) atoms. The molecule has 2 heteroatoms. The highest BCUT2D eigenvalue weighted by Crippen LogP contribution is 2.44. The van der Waals surface area contributed by atoms with Gasteiger partial charge in [-0.05, 0) is 24.2 Å². The van der Waals surface area contributed by atoms with E-state index in [-0.39, 0.29) is 11.5 Å². The van der Waals surface area contributed by atoms with Crippen LogP contribution in [0.15, 0.2) is 0 Å². The molecule has 1 saturated heterocycles. The van der Waals surface area contributed by atoms with Gasteiger partial charge in [-0.1, -0.05) is 34.6 Å². The van der Waals surface area contributed by atoms with E-state index < -0.39 is 0 Å². The van der Waals surface area contributed by atoms with E-state index in [2.05, 4.69) is 34.6 Å². The van der Waals surface area contributed by atoms with Gasteiger partial charge in [0, 0.05) is 0 Å². The highest BCUT2D eigenvalue weighted by Gasteiger charge is 2.45. The van der Waals surface area contributed by atoms with Crippen LogP contribution in [0.4, 0.5) is 0 Å². The molecule has 77 valence electrons. The standard InChI is InChI=1S/C11H21O2/c1-8-9(13-12-8)11(5,6)7-10(2,3)4/h9H,7H2,1-6H3. The number of rotatable bonds is 2. The minimum absolute atomic E-state index is 0.167. The van der Waals surface area contributed by atoms with Gasteiger partial charge >= 0.3 is 0 Å². The third-order valence-corrected chi connectivity index (χ3v) is 2.34. The van der Waals surface area contributed by atoms with Gasteiger partial charge in [-0.25, -0.2) is 9.78 Å². The van der Waals surface area contributed by atoms with Crippen molar-refractivity contribution in [3.8, 4) is 0 Å². The first-order chi connectivity index (χ1) is 5.72. The molecule has 0 aromatic heterocycles. The highest BCUT2D eigenvalue weighted by atomic mass is 17.2. The molecule has 0 spiro atoms. The molecule has 2 nitrogen and oxygen atoms in total. The summed E-state index contributed by atoms with van der Waals surface area (Å²) in [6.45, 7) is 13.2. The van der Waals surface area contributed by atoms with Gasteiger partial charge in [-0.15, -0.1) is 0 Å². The molecule has 0 saturated carbocycles. The van der Waals surface area contributed by atoms with Crippen LogP contribution in [0.25, 0.3) is 0 Å². The Balaban J connectivity index is 2.55. The van der Waals surface area contributed by atoms with E-state index in [9.17, 15) is 0 Å². The van der Waals surface area contributed by atoms with Gasteiger partial charge in [0.2, 0.25) is 0 Å². The first kappa shape index (κ1) is 11.0. The van der Waals surface area contributed by atoms with Crippen molar-refractivity contribution in [2.24, 2.45) is 10.8 Å². The van der Waals surface area contributed by atoms with Crippen LogP contribution in [0.2, 0.25) is 0 Å². The molecular weight excluding hydrogens is 164 g/mol. The number of hydrogen-bond donors (Lipinski definition) is 0. The third kappa shape index (κ3) is 2.68. The lowest BCUT2D eigenvalue weighted by Crippen LogP contribution is -2.46. The summed E-state index contributed by atoms with van der Waals surface area (Å²) < 4.78 is 0. The van der Waals surface area contributed by atoms with Gasteiger partial charge in [0.1, 0.15) is 6.10 Å². The highest BCUT2D eigenvalue weighted by molar-refractivity contribution is 4.98. The van der Waals surface area contributed by atoms with Gasteiger partial charge in [-0.2, -0.15) is 0 Å². The molecule has 1 rings (SSSR count). The fourth-order valence-electron chi connectivity index (χ4n) is 2.33. The lowest BCUT2D eigenvalue weighted by molar-refractivity contribution is -0.432. The van der Waals surface area contributed by atoms with E-state index in [0.29, 0.717) is 5.41 Å². The zero-order chi connectivity index (χ0) is 10.3. The van der Waals surface area contributed by atoms with E-state index in [4.69, 9.17) is 9.78 Å². The summed E-state index contributed by atoms with van der Waals surface area (Å²) in [7, 11) is 0. The smallest absolute Gasteiger partial charge is 0.165 e. The molecule has 1 aliphatic heterocycles. The average molecular weight is 185 g/mol. The van der Waals surface area contributed by atoms with Crippen LogP contribution in [0, 0.1) is 16.9 Å². The summed E-state index contributed by atoms with van der Waals surface area (Å²) in [6.07, 6.45) is 2.31. The lowest BCUT2D eigenvalue weighted by atomic mass is 9.71. The minimum atomic E-state index is 0.167. The molecule has 1 radical (unpaired) electrons. The summed E-state index contributed by atoms with van der Waals surface area (Å²) >= 11 is 0. The Morgan fingerprint density at radius 3 is 1.92 bits per heavy atom. The van der Waals surface area contributed by atoms with Crippen molar-refractivity contribution in [1.82, 2.24) is 0 Å². The van der Waals surface area contributed by atoms with Crippen LogP contribution in [-0.2, 0) is 9.78 Å². The van der Waals surface area contributed by atoms with Crippen LogP contribution in [0.1, 0.15) is 48.0 Å². The van der Waals surface area contributed by atoms with Crippen molar-refractivity contribution in [3.63, 3.8) is 0 Å². The summed E-state index contributed by atoms with van der Waals surface area (Å²) in [4.78, 5) is 9.98. The molecule has 0 aliphatic carbocycles. The van der Waals surface area contributed by atoms with E-state index in [0.717, 1.165) is 12.5 Å². The molecule has 1 aliphatic rings. The normalized spacial score (nSPS) is 25.8. The summed E-state index contributed by atoms with van der Waals surface area (Å²) in [6, 6.07) is 0. The Hall–Kier alpha value is -0.0800. The average Bonchev–Trinajstić information content (AvgIpc) is 1.76. The Kier molecular flexibility index (Phi) is 2.75. The Morgan fingerprint density at radius 2 is 1.69 bits per heavy atom. The second-order valence-electron chi connectivity index (χ2n) is 5.90. The van der Waals surface area contributed by atoms with Gasteiger partial charge in [0.05, 0.1) is 0 Å². The largest absolute Gasteiger partial charge is 0.229 e. The third-order valence-electron chi connectivity index (χ3n) is 2.34. The second kappa shape index (κ2) is 3.25. The topological polar surface area (TPSA) is 18.5 Å². The Morgan fingerprint density at radius 1 is 1.15 bits per heavy atom. The van der Waals surface area contributed by atoms with E-state index >= 15 is 0 Å². The first-order valence-corrected chi connectivity index (χ1v) is 4.89. The van der Waals surface area contributed by atoms with Gasteiger partial charge in [-0.3, -0.25) is 0 Å². The van der Waals surface area contributed by atoms with E-state index in [1.165, 1.54) is 0 Å². The van der Waals surface area contributed by atoms with Crippen molar-refractivity contribution in [3.05, 3.63) is 6.10 Å². The molecule has 0 N–H and O–H groups in total. The number of hydrogen-bond acceptors (Lipinski definition) is 2. The minimum Gasteiger partial charge on any atom is -0.229 e. The zero-order valence-electron chi connectivity index (χ0n) is 9.60. The van der Waals surface area contributed by atoms with Crippen LogP contribution >= 0.6 is 0 Å². The van der Waals surface area contributed by atoms with E-state index in [1.54, 1.807) is 0 Å². The lowest BCUT2D eigenvalue weighted by Gasteiger charge is -2.44. The molecule has 1 heterocycles. The molecule has 1 atom stereocenters. The van der Waals surface area contributed by atoms with E-state index in [1.807, 2.05) is 6.92 Å². The maximum atomic E-state index is 5.12. The van der Waals surface area contributed by atoms with Crippen LogP contribution in [-0.4, -0.2) is 6.10 Å². The second-order valence-corrected chi connectivity index (χ2v) is 5.90. The Bertz CT molecular complexity index is 179. The maximum absolute atomic E-state index is 5.12. The fourth-order valence-corrected chi connectivity index (χ4v) is 2.33. The predicted molar refractivity (Wildman–Crippen MR) is 52.7 cm³/mol. The maximum Gasteiger partial charge on any atom is 0.165 e. The first-order valence-electron chi connectivity index (χ1n) is 4.89. The fraction of sp³-hybridized carbons (Fsp3) is 0.909. The van der Waals surface area contributed by atoms with Gasteiger partial charge in [0.25, 0.3) is 0 Å². The van der Waals surface area contributed by atoms with Crippen LogP contribution < -0.4 is 0 Å². The molecule has 1 fully saturated rings. The SMILES string of the molecule is C[C]1OOC1C(C)(C)CC(C)(C)C. The van der Waals surface area contributed by atoms with Crippen LogP contribution in [0.5, 0.6) is 0 Å². The molecule has 0 amide bonds. The summed E-state index contributed by atoms with van der Waals surface area (Å²) in [5.74, 6) is 0.